The van der Waals surface area contributed by atoms with Gasteiger partial charge in [0.2, 0.25) is 0 Å². The van der Waals surface area contributed by atoms with Crippen molar-refractivity contribution in [3.63, 3.8) is 0 Å². The Hall–Kier alpha value is -1.74. The highest BCUT2D eigenvalue weighted by molar-refractivity contribution is 5.27. The summed E-state index contributed by atoms with van der Waals surface area (Å²) in [5, 5.41) is 9.89. The number of hydrogen-bond acceptors (Lipinski definition) is 3. The second kappa shape index (κ2) is 5.55. The van der Waals surface area contributed by atoms with Crippen molar-refractivity contribution in [3.05, 3.63) is 54.0 Å². The topological polar surface area (TPSA) is 42.6 Å². The Morgan fingerprint density at radius 3 is 2.59 bits per heavy atom. The summed E-state index contributed by atoms with van der Waals surface area (Å²) < 4.78 is 10.0. The maximum atomic E-state index is 9.89. The number of aliphatic hydroxyl groups excluding tert-OH is 1. The summed E-state index contributed by atoms with van der Waals surface area (Å²) >= 11 is 0. The van der Waals surface area contributed by atoms with E-state index in [2.05, 4.69) is 0 Å². The molecule has 0 amide bonds. The van der Waals surface area contributed by atoms with E-state index in [1.807, 2.05) is 24.3 Å². The first-order valence-electron chi connectivity index (χ1n) is 5.62. The van der Waals surface area contributed by atoms with Gasteiger partial charge in [0.05, 0.1) is 25.7 Å². The smallest absolute Gasteiger partial charge is 0.118 e. The van der Waals surface area contributed by atoms with E-state index >= 15 is 0 Å². The van der Waals surface area contributed by atoms with Crippen LogP contribution >= 0.6 is 0 Å². The molecule has 0 radical (unpaired) electrons. The van der Waals surface area contributed by atoms with Gasteiger partial charge in [0, 0.05) is 5.56 Å². The Kier molecular flexibility index (Phi) is 3.83. The maximum absolute atomic E-state index is 9.89. The zero-order valence-corrected chi connectivity index (χ0v) is 9.80. The van der Waals surface area contributed by atoms with Crippen molar-refractivity contribution in [2.24, 2.45) is 0 Å². The molecule has 2 rings (SSSR count). The van der Waals surface area contributed by atoms with Gasteiger partial charge in [-0.25, -0.2) is 0 Å². The molecule has 1 atom stereocenters. The Bertz CT molecular complexity index is 431. The molecule has 0 spiro atoms. The van der Waals surface area contributed by atoms with Gasteiger partial charge < -0.3 is 14.3 Å². The van der Waals surface area contributed by atoms with E-state index < -0.39 is 6.10 Å². The standard InChI is InChI=1S/C14H16O3/c1-16-13-5-2-11(3-6-13)4-7-14(15)12-8-9-17-10-12/h2-3,5-6,8-10,14-15H,4,7H2,1H3. The van der Waals surface area contributed by atoms with Crippen LogP contribution in [0, 0.1) is 0 Å². The largest absolute Gasteiger partial charge is 0.497 e. The molecule has 17 heavy (non-hydrogen) atoms. The minimum atomic E-state index is -0.462. The number of ether oxygens (including phenoxy) is 1. The van der Waals surface area contributed by atoms with E-state index in [4.69, 9.17) is 9.15 Å². The van der Waals surface area contributed by atoms with Crippen molar-refractivity contribution in [1.29, 1.82) is 0 Å². The van der Waals surface area contributed by atoms with Crippen LogP contribution in [0.1, 0.15) is 23.7 Å². The number of methoxy groups -OCH3 is 1. The van der Waals surface area contributed by atoms with Gasteiger partial charge in [-0.3, -0.25) is 0 Å². The Labute approximate surface area is 101 Å². The van der Waals surface area contributed by atoms with E-state index in [9.17, 15) is 5.11 Å². The van der Waals surface area contributed by atoms with Gasteiger partial charge in [-0.15, -0.1) is 0 Å². The number of benzene rings is 1. The lowest BCUT2D eigenvalue weighted by molar-refractivity contribution is 0.167. The molecule has 1 heterocycles. The van der Waals surface area contributed by atoms with Crippen molar-refractivity contribution in [3.8, 4) is 5.75 Å². The van der Waals surface area contributed by atoms with Crippen LogP contribution in [-0.4, -0.2) is 12.2 Å². The predicted molar refractivity (Wildman–Crippen MR) is 65.0 cm³/mol. The van der Waals surface area contributed by atoms with Crippen LogP contribution in [0.15, 0.2) is 47.3 Å². The zero-order valence-electron chi connectivity index (χ0n) is 9.80. The normalized spacial score (nSPS) is 12.4. The summed E-state index contributed by atoms with van der Waals surface area (Å²) in [5.41, 5.74) is 2.02. The fourth-order valence-corrected chi connectivity index (χ4v) is 1.73. The quantitative estimate of drug-likeness (QED) is 0.861. The third-order valence-electron chi connectivity index (χ3n) is 2.79. The number of aliphatic hydroxyl groups is 1. The zero-order chi connectivity index (χ0) is 12.1. The summed E-state index contributed by atoms with van der Waals surface area (Å²) in [5.74, 6) is 0.851. The Morgan fingerprint density at radius 2 is 2.00 bits per heavy atom. The number of aryl methyl sites for hydroxylation is 1. The van der Waals surface area contributed by atoms with Gasteiger partial charge in [-0.05, 0) is 36.6 Å². The number of furan rings is 1. The number of rotatable bonds is 5. The molecule has 1 N–H and O–H groups in total. The molecule has 3 heteroatoms. The average molecular weight is 232 g/mol. The first kappa shape index (κ1) is 11.7. The molecule has 0 saturated carbocycles. The molecule has 90 valence electrons. The van der Waals surface area contributed by atoms with Crippen LogP contribution in [-0.2, 0) is 6.42 Å². The number of hydrogen-bond donors (Lipinski definition) is 1. The van der Waals surface area contributed by atoms with E-state index in [1.165, 1.54) is 5.56 Å². The highest BCUT2D eigenvalue weighted by atomic mass is 16.5. The van der Waals surface area contributed by atoms with Crippen molar-refractivity contribution in [2.45, 2.75) is 18.9 Å². The first-order valence-corrected chi connectivity index (χ1v) is 5.62. The Morgan fingerprint density at radius 1 is 1.24 bits per heavy atom. The van der Waals surface area contributed by atoms with Gasteiger partial charge >= 0.3 is 0 Å². The molecule has 0 aliphatic rings. The molecule has 0 bridgehead atoms. The fraction of sp³-hybridized carbons (Fsp3) is 0.286. The molecule has 0 aliphatic heterocycles. The van der Waals surface area contributed by atoms with Gasteiger partial charge in [0.1, 0.15) is 5.75 Å². The summed E-state index contributed by atoms with van der Waals surface area (Å²) in [6, 6.07) is 9.68. The van der Waals surface area contributed by atoms with Crippen molar-refractivity contribution >= 4 is 0 Å². The molecular weight excluding hydrogens is 216 g/mol. The molecular formula is C14H16O3. The highest BCUT2D eigenvalue weighted by Crippen LogP contribution is 2.20. The second-order valence-electron chi connectivity index (χ2n) is 3.96. The van der Waals surface area contributed by atoms with Crippen LogP contribution in [0.2, 0.25) is 0 Å². The highest BCUT2D eigenvalue weighted by Gasteiger charge is 2.08. The van der Waals surface area contributed by atoms with E-state index in [0.29, 0.717) is 6.42 Å². The lowest BCUT2D eigenvalue weighted by Crippen LogP contribution is -1.98. The van der Waals surface area contributed by atoms with Crippen LogP contribution in [0.3, 0.4) is 0 Å². The molecule has 0 saturated heterocycles. The van der Waals surface area contributed by atoms with Gasteiger partial charge in [-0.1, -0.05) is 12.1 Å². The van der Waals surface area contributed by atoms with Crippen molar-refractivity contribution in [1.82, 2.24) is 0 Å². The molecule has 1 unspecified atom stereocenters. The lowest BCUT2D eigenvalue weighted by atomic mass is 10.0. The van der Waals surface area contributed by atoms with E-state index in [0.717, 1.165) is 17.7 Å². The Balaban J connectivity index is 1.89. The maximum Gasteiger partial charge on any atom is 0.118 e. The molecule has 2 aromatic rings. The monoisotopic (exact) mass is 232 g/mol. The molecule has 1 aromatic heterocycles. The SMILES string of the molecule is COc1ccc(CCC(O)c2ccoc2)cc1. The predicted octanol–water partition coefficient (Wildman–Crippen LogP) is 2.95. The van der Waals surface area contributed by atoms with E-state index in [1.54, 1.807) is 25.7 Å². The van der Waals surface area contributed by atoms with Gasteiger partial charge in [-0.2, -0.15) is 0 Å². The lowest BCUT2D eigenvalue weighted by Gasteiger charge is -2.08. The average Bonchev–Trinajstić information content (AvgIpc) is 2.90. The summed E-state index contributed by atoms with van der Waals surface area (Å²) in [6.07, 6.45) is 4.21. The summed E-state index contributed by atoms with van der Waals surface area (Å²) in [6.45, 7) is 0. The van der Waals surface area contributed by atoms with Crippen LogP contribution in [0.5, 0.6) is 5.75 Å². The van der Waals surface area contributed by atoms with E-state index in [-0.39, 0.29) is 0 Å². The third kappa shape index (κ3) is 3.11. The van der Waals surface area contributed by atoms with Crippen LogP contribution in [0.4, 0.5) is 0 Å². The minimum Gasteiger partial charge on any atom is -0.497 e. The van der Waals surface area contributed by atoms with Crippen molar-refractivity contribution in [2.75, 3.05) is 7.11 Å². The second-order valence-corrected chi connectivity index (χ2v) is 3.96. The third-order valence-corrected chi connectivity index (χ3v) is 2.79. The van der Waals surface area contributed by atoms with Crippen molar-refractivity contribution < 1.29 is 14.3 Å². The molecule has 0 fully saturated rings. The fourth-order valence-electron chi connectivity index (χ4n) is 1.73. The first-order chi connectivity index (χ1) is 8.29. The molecule has 3 nitrogen and oxygen atoms in total. The van der Waals surface area contributed by atoms with Gasteiger partial charge in [0.25, 0.3) is 0 Å². The van der Waals surface area contributed by atoms with Crippen LogP contribution < -0.4 is 4.74 Å². The van der Waals surface area contributed by atoms with Crippen LogP contribution in [0.25, 0.3) is 0 Å². The van der Waals surface area contributed by atoms with Gasteiger partial charge in [0.15, 0.2) is 0 Å². The molecule has 0 aliphatic carbocycles. The molecule has 1 aromatic carbocycles. The summed E-state index contributed by atoms with van der Waals surface area (Å²) in [4.78, 5) is 0. The summed E-state index contributed by atoms with van der Waals surface area (Å²) in [7, 11) is 1.65. The minimum absolute atomic E-state index is 0.462.